The topological polar surface area (TPSA) is 117 Å². The Morgan fingerprint density at radius 3 is 2.68 bits per heavy atom. The number of phenols is 1. The first-order valence-corrected chi connectivity index (χ1v) is 13.2. The fraction of sp³-hybridized carbons (Fsp3) is 0.414. The number of hydrogen-bond acceptors (Lipinski definition) is 5. The van der Waals surface area contributed by atoms with Crippen molar-refractivity contribution in [3.8, 4) is 17.0 Å². The summed E-state index contributed by atoms with van der Waals surface area (Å²) in [6.45, 7) is 13.0. The van der Waals surface area contributed by atoms with Gasteiger partial charge in [0.25, 0.3) is 0 Å². The molecule has 0 amide bonds. The maximum Gasteiger partial charge on any atom is 0.135 e. The molecule has 1 aromatic carbocycles. The third-order valence-corrected chi connectivity index (χ3v) is 7.78. The number of amidine groups is 1. The summed E-state index contributed by atoms with van der Waals surface area (Å²) in [5.41, 5.74) is 13.0. The van der Waals surface area contributed by atoms with Crippen molar-refractivity contribution in [1.29, 1.82) is 0 Å². The summed E-state index contributed by atoms with van der Waals surface area (Å²) in [5.74, 6) is 1.22. The number of fused-ring (bicyclic) bond motifs is 1. The van der Waals surface area contributed by atoms with Gasteiger partial charge in [0.05, 0.1) is 34.3 Å². The molecule has 0 spiro atoms. The molecule has 5 rings (SSSR count). The van der Waals surface area contributed by atoms with E-state index in [0.717, 1.165) is 52.1 Å². The Kier molecular flexibility index (Phi) is 7.57. The predicted molar refractivity (Wildman–Crippen MR) is 152 cm³/mol. The van der Waals surface area contributed by atoms with E-state index in [1.165, 1.54) is 6.42 Å². The summed E-state index contributed by atoms with van der Waals surface area (Å²) in [5, 5.41) is 25.5. The van der Waals surface area contributed by atoms with Crippen LogP contribution in [0.3, 0.4) is 0 Å². The van der Waals surface area contributed by atoms with Crippen LogP contribution in [0.4, 0.5) is 11.4 Å². The van der Waals surface area contributed by atoms with Crippen molar-refractivity contribution in [3.63, 3.8) is 0 Å². The van der Waals surface area contributed by atoms with E-state index in [1.54, 1.807) is 30.6 Å². The van der Waals surface area contributed by atoms with Crippen LogP contribution < -0.4 is 11.1 Å². The van der Waals surface area contributed by atoms with Gasteiger partial charge >= 0.3 is 0 Å². The molecule has 1 fully saturated rings. The third-order valence-electron chi connectivity index (χ3n) is 7.78. The lowest BCUT2D eigenvalue weighted by atomic mass is 9.80. The number of nitrogens with one attached hydrogen (secondary N) is 2. The molecule has 2 unspecified atom stereocenters. The van der Waals surface area contributed by atoms with Crippen LogP contribution in [0.1, 0.15) is 65.5 Å². The second-order valence-electron chi connectivity index (χ2n) is 10.1. The Morgan fingerprint density at radius 1 is 1.24 bits per heavy atom. The van der Waals surface area contributed by atoms with Crippen molar-refractivity contribution >= 4 is 22.7 Å². The number of rotatable bonds is 6. The molecule has 1 aliphatic rings. The first-order valence-electron chi connectivity index (χ1n) is 13.2. The van der Waals surface area contributed by atoms with Crippen LogP contribution in [0, 0.1) is 11.3 Å². The number of H-pyrrole nitrogens is 1. The fourth-order valence-corrected chi connectivity index (χ4v) is 5.06. The predicted octanol–water partition coefficient (Wildman–Crippen LogP) is 6.29. The second kappa shape index (κ2) is 10.7. The summed E-state index contributed by atoms with van der Waals surface area (Å²) in [6.07, 6.45) is 8.52. The Bertz CT molecular complexity index is 1390. The van der Waals surface area contributed by atoms with Crippen molar-refractivity contribution in [3.05, 3.63) is 60.0 Å². The second-order valence-corrected chi connectivity index (χ2v) is 10.1. The largest absolute Gasteiger partial charge is 0.508 e. The van der Waals surface area contributed by atoms with E-state index < -0.39 is 0 Å². The summed E-state index contributed by atoms with van der Waals surface area (Å²) < 4.78 is 1.87. The van der Waals surface area contributed by atoms with Crippen LogP contribution in [0.2, 0.25) is 0 Å². The number of aromatic hydroxyl groups is 1. The molecule has 37 heavy (non-hydrogen) atoms. The Hall–Kier alpha value is -3.81. The van der Waals surface area contributed by atoms with Crippen molar-refractivity contribution in [2.45, 2.75) is 66.8 Å². The van der Waals surface area contributed by atoms with Crippen LogP contribution >= 0.6 is 0 Å². The first kappa shape index (κ1) is 26.3. The van der Waals surface area contributed by atoms with Gasteiger partial charge in [0.1, 0.15) is 11.6 Å². The van der Waals surface area contributed by atoms with Crippen LogP contribution in [-0.2, 0) is 6.42 Å². The smallest absolute Gasteiger partial charge is 0.135 e. The molecule has 8 nitrogen and oxygen atoms in total. The summed E-state index contributed by atoms with van der Waals surface area (Å²) in [4.78, 5) is 4.77. The average molecular weight is 502 g/mol. The quantitative estimate of drug-likeness (QED) is 0.183. The number of aryl methyl sites for hydroxylation is 1. The first-order chi connectivity index (χ1) is 17.8. The number of aromatic amines is 1. The van der Waals surface area contributed by atoms with E-state index in [-0.39, 0.29) is 11.2 Å². The van der Waals surface area contributed by atoms with Crippen LogP contribution in [-0.4, -0.2) is 36.8 Å². The van der Waals surface area contributed by atoms with Crippen LogP contribution in [0.5, 0.6) is 5.75 Å². The maximum atomic E-state index is 9.88. The van der Waals surface area contributed by atoms with Crippen LogP contribution in [0.15, 0.2) is 53.9 Å². The molecule has 0 radical (unpaired) electrons. The monoisotopic (exact) mass is 501 g/mol. The van der Waals surface area contributed by atoms with Gasteiger partial charge in [-0.05, 0) is 66.5 Å². The Balaban J connectivity index is 0.00000156. The molecule has 0 bridgehead atoms. The van der Waals surface area contributed by atoms with Crippen molar-refractivity contribution in [2.75, 3.05) is 5.32 Å². The van der Waals surface area contributed by atoms with Gasteiger partial charge in [0, 0.05) is 24.0 Å². The van der Waals surface area contributed by atoms with Gasteiger partial charge in [-0.2, -0.15) is 10.2 Å². The molecule has 3 aromatic heterocycles. The van der Waals surface area contributed by atoms with E-state index in [9.17, 15) is 5.11 Å². The third kappa shape index (κ3) is 5.05. The molecule has 5 N–H and O–H groups in total. The molecule has 1 saturated carbocycles. The molecular weight excluding hydrogens is 462 g/mol. The molecule has 0 saturated heterocycles. The SMILES string of the molecule is CC.CCc1cc(O)ccc1N=C(N)c1cnn2cc(-c3ccn[nH]3)cc2c1NC1CCC(C)C1(C)C. The highest BCUT2D eigenvalue weighted by Gasteiger charge is 2.41. The van der Waals surface area contributed by atoms with E-state index in [4.69, 9.17) is 10.7 Å². The number of aromatic nitrogens is 4. The van der Waals surface area contributed by atoms with Gasteiger partial charge in [-0.3, -0.25) is 5.10 Å². The average Bonchev–Trinajstić information content (AvgIpc) is 3.63. The van der Waals surface area contributed by atoms with Crippen molar-refractivity contribution < 1.29 is 5.11 Å². The molecule has 3 heterocycles. The van der Waals surface area contributed by atoms with E-state index in [1.807, 2.05) is 37.5 Å². The van der Waals surface area contributed by atoms with Crippen molar-refractivity contribution in [1.82, 2.24) is 19.8 Å². The minimum Gasteiger partial charge on any atom is -0.508 e. The number of nitrogens with two attached hydrogens (primary N) is 1. The van der Waals surface area contributed by atoms with Gasteiger partial charge in [0.15, 0.2) is 0 Å². The maximum absolute atomic E-state index is 9.88. The number of hydrogen-bond donors (Lipinski definition) is 4. The Labute approximate surface area is 219 Å². The lowest BCUT2D eigenvalue weighted by Crippen LogP contribution is -2.35. The highest BCUT2D eigenvalue weighted by atomic mass is 16.3. The molecule has 196 valence electrons. The standard InChI is InChI=1S/C27H33N7O.C2H6/c1-5-17-12-19(35)7-8-21(17)31-26(28)20-14-30-34-15-18(22-10-11-29-33-22)13-23(34)25(20)32-24-9-6-16(2)27(24,3)4;1-2/h7-8,10-16,24,32,35H,5-6,9H2,1-4H3,(H2,28,31)(H,29,33);1-2H3. The van der Waals surface area contributed by atoms with Gasteiger partial charge < -0.3 is 16.2 Å². The highest BCUT2D eigenvalue weighted by molar-refractivity contribution is 6.06. The molecule has 2 atom stereocenters. The zero-order valence-electron chi connectivity index (χ0n) is 22.7. The van der Waals surface area contributed by atoms with Crippen LogP contribution in [0.25, 0.3) is 16.8 Å². The van der Waals surface area contributed by atoms with E-state index in [0.29, 0.717) is 17.8 Å². The Morgan fingerprint density at radius 2 is 2.03 bits per heavy atom. The molecule has 4 aromatic rings. The number of anilines is 1. The minimum absolute atomic E-state index is 0.134. The number of phenolic OH excluding ortho intramolecular Hbond substituents is 1. The van der Waals surface area contributed by atoms with Gasteiger partial charge in [-0.15, -0.1) is 0 Å². The van der Waals surface area contributed by atoms with Gasteiger partial charge in [-0.25, -0.2) is 9.51 Å². The minimum atomic E-state index is 0.134. The number of benzene rings is 1. The van der Waals surface area contributed by atoms with E-state index in [2.05, 4.69) is 47.5 Å². The molecule has 1 aliphatic carbocycles. The normalized spacial score (nSPS) is 19.0. The van der Waals surface area contributed by atoms with Gasteiger partial charge in [-0.1, -0.05) is 41.5 Å². The zero-order valence-corrected chi connectivity index (χ0v) is 22.7. The van der Waals surface area contributed by atoms with E-state index >= 15 is 0 Å². The lowest BCUT2D eigenvalue weighted by molar-refractivity contribution is 0.261. The summed E-state index contributed by atoms with van der Waals surface area (Å²) >= 11 is 0. The summed E-state index contributed by atoms with van der Waals surface area (Å²) in [7, 11) is 0. The van der Waals surface area contributed by atoms with Gasteiger partial charge in [0.2, 0.25) is 0 Å². The fourth-order valence-electron chi connectivity index (χ4n) is 5.06. The van der Waals surface area contributed by atoms with Crippen molar-refractivity contribution in [2.24, 2.45) is 22.1 Å². The summed E-state index contributed by atoms with van der Waals surface area (Å²) in [6, 6.07) is 9.51. The number of aliphatic imine (C=N–C) groups is 1. The lowest BCUT2D eigenvalue weighted by Gasteiger charge is -2.33. The molecule has 0 aliphatic heterocycles. The molecular formula is C29H39N7O. The number of nitrogens with zero attached hydrogens (tertiary/aromatic N) is 4. The molecule has 8 heteroatoms. The zero-order chi connectivity index (χ0) is 26.7. The highest BCUT2D eigenvalue weighted by Crippen LogP contribution is 2.44.